The Labute approximate surface area is 162 Å². The first kappa shape index (κ1) is 18.2. The zero-order chi connectivity index (χ0) is 19.5. The number of anilines is 1. The number of nitrogens with zero attached hydrogens (tertiary/aromatic N) is 2. The number of hydrogen-bond donors (Lipinski definition) is 0. The van der Waals surface area contributed by atoms with Crippen molar-refractivity contribution in [1.82, 2.24) is 0 Å². The summed E-state index contributed by atoms with van der Waals surface area (Å²) in [4.78, 5) is 0. The molecule has 0 spiro atoms. The van der Waals surface area contributed by atoms with Crippen LogP contribution >= 0.6 is 0 Å². The van der Waals surface area contributed by atoms with Crippen molar-refractivity contribution >= 4 is 11.4 Å². The van der Waals surface area contributed by atoms with E-state index in [1.807, 2.05) is 31.2 Å². The molecule has 5 heteroatoms. The van der Waals surface area contributed by atoms with Crippen molar-refractivity contribution in [3.63, 3.8) is 0 Å². The summed E-state index contributed by atoms with van der Waals surface area (Å²) in [6.07, 6.45) is 0.519. The molecule has 0 fully saturated rings. The van der Waals surface area contributed by atoms with Gasteiger partial charge in [-0.1, -0.05) is 24.3 Å². The minimum atomic E-state index is -0.352. The van der Waals surface area contributed by atoms with Crippen LogP contribution in [0.4, 0.5) is 14.5 Å². The molecule has 0 unspecified atom stereocenters. The zero-order valence-corrected chi connectivity index (χ0v) is 15.5. The SMILES string of the molecule is CCOc1ccc(C2=NN(c3cccc(F)c3)[C@@H](c3ccccc3F)C2)cc1. The monoisotopic (exact) mass is 378 g/mol. The molecule has 1 heterocycles. The number of hydrogen-bond acceptors (Lipinski definition) is 3. The first-order chi connectivity index (χ1) is 13.7. The van der Waals surface area contributed by atoms with Gasteiger partial charge in [0.1, 0.15) is 17.4 Å². The second-order valence-electron chi connectivity index (χ2n) is 6.57. The van der Waals surface area contributed by atoms with Gasteiger partial charge < -0.3 is 4.74 Å². The molecular weight excluding hydrogens is 358 g/mol. The van der Waals surface area contributed by atoms with Crippen LogP contribution in [0.25, 0.3) is 0 Å². The van der Waals surface area contributed by atoms with Crippen molar-refractivity contribution in [3.05, 3.63) is 95.6 Å². The van der Waals surface area contributed by atoms with Crippen LogP contribution in [0.3, 0.4) is 0 Å². The van der Waals surface area contributed by atoms with E-state index in [0.717, 1.165) is 17.0 Å². The number of ether oxygens (including phenoxy) is 1. The first-order valence-corrected chi connectivity index (χ1v) is 9.25. The topological polar surface area (TPSA) is 24.8 Å². The van der Waals surface area contributed by atoms with Crippen LogP contribution in [0.2, 0.25) is 0 Å². The normalized spacial score (nSPS) is 16.2. The summed E-state index contributed by atoms with van der Waals surface area (Å²) >= 11 is 0. The lowest BCUT2D eigenvalue weighted by molar-refractivity contribution is 0.340. The lowest BCUT2D eigenvalue weighted by atomic mass is 9.97. The van der Waals surface area contributed by atoms with Gasteiger partial charge in [-0.3, -0.25) is 5.01 Å². The van der Waals surface area contributed by atoms with Gasteiger partial charge in [0.05, 0.1) is 24.0 Å². The number of rotatable bonds is 5. The van der Waals surface area contributed by atoms with Crippen LogP contribution < -0.4 is 9.75 Å². The van der Waals surface area contributed by atoms with Gasteiger partial charge in [0.15, 0.2) is 0 Å². The molecular formula is C23H20F2N2O. The highest BCUT2D eigenvalue weighted by molar-refractivity contribution is 6.03. The molecule has 0 saturated heterocycles. The van der Waals surface area contributed by atoms with Crippen molar-refractivity contribution in [2.24, 2.45) is 5.10 Å². The van der Waals surface area contributed by atoms with Gasteiger partial charge in [-0.05, 0) is 61.0 Å². The Balaban J connectivity index is 1.72. The van der Waals surface area contributed by atoms with Crippen LogP contribution in [0.5, 0.6) is 5.75 Å². The van der Waals surface area contributed by atoms with Crippen LogP contribution in [-0.4, -0.2) is 12.3 Å². The predicted octanol–water partition coefficient (Wildman–Crippen LogP) is 5.72. The molecule has 0 bridgehead atoms. The van der Waals surface area contributed by atoms with Gasteiger partial charge in [-0.15, -0.1) is 0 Å². The van der Waals surface area contributed by atoms with E-state index in [-0.39, 0.29) is 17.7 Å². The minimum absolute atomic E-state index is 0.294. The van der Waals surface area contributed by atoms with Gasteiger partial charge in [-0.2, -0.15) is 5.10 Å². The van der Waals surface area contributed by atoms with Crippen LogP contribution in [0, 0.1) is 11.6 Å². The lowest BCUT2D eigenvalue weighted by Gasteiger charge is -2.24. The summed E-state index contributed by atoms with van der Waals surface area (Å²) in [5, 5.41) is 6.42. The van der Waals surface area contributed by atoms with Gasteiger partial charge in [0, 0.05) is 12.0 Å². The molecule has 3 aromatic carbocycles. The molecule has 0 N–H and O–H groups in total. The van der Waals surface area contributed by atoms with Crippen LogP contribution in [-0.2, 0) is 0 Å². The second-order valence-corrected chi connectivity index (χ2v) is 6.57. The number of hydrazone groups is 1. The van der Waals surface area contributed by atoms with Gasteiger partial charge in [0.25, 0.3) is 0 Å². The van der Waals surface area contributed by atoms with E-state index in [9.17, 15) is 8.78 Å². The Morgan fingerprint density at radius 1 is 1.00 bits per heavy atom. The van der Waals surface area contributed by atoms with Gasteiger partial charge in [0.2, 0.25) is 0 Å². The molecule has 0 saturated carbocycles. The van der Waals surface area contributed by atoms with Crippen LogP contribution in [0.15, 0.2) is 77.9 Å². The van der Waals surface area contributed by atoms with E-state index in [1.54, 1.807) is 35.3 Å². The van der Waals surface area contributed by atoms with Crippen molar-refractivity contribution in [3.8, 4) is 5.75 Å². The zero-order valence-electron chi connectivity index (χ0n) is 15.5. The summed E-state index contributed by atoms with van der Waals surface area (Å²) in [7, 11) is 0. The molecule has 1 aliphatic heterocycles. The second kappa shape index (κ2) is 7.80. The van der Waals surface area contributed by atoms with E-state index in [1.165, 1.54) is 18.2 Å². The van der Waals surface area contributed by atoms with E-state index in [0.29, 0.717) is 24.3 Å². The van der Waals surface area contributed by atoms with Crippen molar-refractivity contribution < 1.29 is 13.5 Å². The number of benzene rings is 3. The molecule has 3 nitrogen and oxygen atoms in total. The molecule has 4 rings (SSSR count). The highest BCUT2D eigenvalue weighted by Gasteiger charge is 2.31. The highest BCUT2D eigenvalue weighted by atomic mass is 19.1. The average Bonchev–Trinajstić information content (AvgIpc) is 3.14. The summed E-state index contributed by atoms with van der Waals surface area (Å²) in [5.41, 5.74) is 2.88. The van der Waals surface area contributed by atoms with E-state index < -0.39 is 0 Å². The molecule has 0 aromatic heterocycles. The fourth-order valence-electron chi connectivity index (χ4n) is 3.44. The van der Waals surface area contributed by atoms with Crippen LogP contribution in [0.1, 0.15) is 30.5 Å². The van der Waals surface area contributed by atoms with E-state index in [2.05, 4.69) is 0 Å². The van der Waals surface area contributed by atoms with Gasteiger partial charge >= 0.3 is 0 Å². The third-order valence-corrected chi connectivity index (χ3v) is 4.75. The van der Waals surface area contributed by atoms with E-state index in [4.69, 9.17) is 9.84 Å². The molecule has 3 aromatic rings. The highest BCUT2D eigenvalue weighted by Crippen LogP contribution is 2.38. The molecule has 142 valence electrons. The largest absolute Gasteiger partial charge is 0.494 e. The van der Waals surface area contributed by atoms with Crippen molar-refractivity contribution in [2.75, 3.05) is 11.6 Å². The fraction of sp³-hybridized carbons (Fsp3) is 0.174. The molecule has 0 aliphatic carbocycles. The predicted molar refractivity (Wildman–Crippen MR) is 107 cm³/mol. The minimum Gasteiger partial charge on any atom is -0.494 e. The molecule has 1 aliphatic rings. The van der Waals surface area contributed by atoms with E-state index >= 15 is 0 Å². The third kappa shape index (κ3) is 3.60. The van der Waals surface area contributed by atoms with Crippen molar-refractivity contribution in [2.45, 2.75) is 19.4 Å². The summed E-state index contributed by atoms with van der Waals surface area (Å²) < 4.78 is 33.8. The molecule has 1 atom stereocenters. The molecule has 28 heavy (non-hydrogen) atoms. The number of halogens is 2. The third-order valence-electron chi connectivity index (χ3n) is 4.75. The quantitative estimate of drug-likeness (QED) is 0.567. The summed E-state index contributed by atoms with van der Waals surface area (Å²) in [6.45, 7) is 2.54. The average molecular weight is 378 g/mol. The lowest BCUT2D eigenvalue weighted by Crippen LogP contribution is -2.19. The smallest absolute Gasteiger partial charge is 0.128 e. The Morgan fingerprint density at radius 2 is 1.79 bits per heavy atom. The fourth-order valence-corrected chi connectivity index (χ4v) is 3.44. The summed E-state index contributed by atoms with van der Waals surface area (Å²) in [5.74, 6) is 0.143. The molecule has 0 radical (unpaired) electrons. The molecule has 0 amide bonds. The Kier molecular flexibility index (Phi) is 5.06. The van der Waals surface area contributed by atoms with Gasteiger partial charge in [-0.25, -0.2) is 8.78 Å². The maximum Gasteiger partial charge on any atom is 0.128 e. The Morgan fingerprint density at radius 3 is 2.50 bits per heavy atom. The summed E-state index contributed by atoms with van der Waals surface area (Å²) in [6, 6.07) is 20.2. The maximum absolute atomic E-state index is 14.5. The standard InChI is InChI=1S/C23H20F2N2O/c1-2-28-19-12-10-16(11-13-19)22-15-23(20-8-3-4-9-21(20)25)27(26-22)18-7-5-6-17(24)14-18/h3-14,23H,2,15H2,1H3/t23-/m1/s1. The first-order valence-electron chi connectivity index (χ1n) is 9.25. The maximum atomic E-state index is 14.5. The Bertz CT molecular complexity index is 1000. The van der Waals surface area contributed by atoms with Crippen molar-refractivity contribution in [1.29, 1.82) is 0 Å². The Hall–Kier alpha value is -3.21.